The van der Waals surface area contributed by atoms with Crippen molar-refractivity contribution >= 4 is 23.2 Å². The van der Waals surface area contributed by atoms with Crippen LogP contribution in [0.5, 0.6) is 11.5 Å². The van der Waals surface area contributed by atoms with E-state index < -0.39 is 22.7 Å². The zero-order valence-corrected chi connectivity index (χ0v) is 14.2. The van der Waals surface area contributed by atoms with Crippen LogP contribution in [-0.4, -0.2) is 20.1 Å². The second-order valence-corrected chi connectivity index (χ2v) is 5.50. The Bertz CT molecular complexity index is 778. The summed E-state index contributed by atoms with van der Waals surface area (Å²) in [6.07, 6.45) is -4.70. The van der Waals surface area contributed by atoms with Gasteiger partial charge in [-0.05, 0) is 36.4 Å². The molecular formula is C17H15ClF3NO3. The normalized spacial score (nSPS) is 11.1. The number of hydrogen-bond donors (Lipinski definition) is 1. The maximum Gasteiger partial charge on any atom is 0.417 e. The molecule has 4 nitrogen and oxygen atoms in total. The quantitative estimate of drug-likeness (QED) is 0.836. The summed E-state index contributed by atoms with van der Waals surface area (Å²) >= 11 is 5.56. The van der Waals surface area contributed by atoms with Crippen molar-refractivity contribution in [2.75, 3.05) is 19.5 Å². The summed E-state index contributed by atoms with van der Waals surface area (Å²) in [5.41, 5.74) is -0.459. The third kappa shape index (κ3) is 4.79. The number of carbonyl (C=O) groups is 1. The van der Waals surface area contributed by atoms with Crippen LogP contribution >= 0.6 is 11.6 Å². The molecule has 2 aromatic carbocycles. The molecule has 134 valence electrons. The Kier molecular flexibility index (Phi) is 5.79. The maximum absolute atomic E-state index is 12.9. The van der Waals surface area contributed by atoms with Crippen molar-refractivity contribution in [3.63, 3.8) is 0 Å². The molecule has 0 unspecified atom stereocenters. The van der Waals surface area contributed by atoms with Crippen LogP contribution in [0.3, 0.4) is 0 Å². The summed E-state index contributed by atoms with van der Waals surface area (Å²) < 4.78 is 48.9. The lowest BCUT2D eigenvalue weighted by Gasteiger charge is -2.13. The molecule has 0 heterocycles. The van der Waals surface area contributed by atoms with E-state index in [9.17, 15) is 18.0 Å². The Morgan fingerprint density at radius 2 is 1.84 bits per heavy atom. The number of methoxy groups -OCH3 is 2. The minimum absolute atomic E-state index is 0.00332. The van der Waals surface area contributed by atoms with Crippen molar-refractivity contribution in [2.24, 2.45) is 0 Å². The number of carbonyl (C=O) groups excluding carboxylic acids is 1. The fourth-order valence-electron chi connectivity index (χ4n) is 2.22. The minimum atomic E-state index is -4.60. The first-order chi connectivity index (χ1) is 11.7. The van der Waals surface area contributed by atoms with Crippen molar-refractivity contribution in [1.29, 1.82) is 0 Å². The Balaban J connectivity index is 2.18. The summed E-state index contributed by atoms with van der Waals surface area (Å²) in [7, 11) is 2.94. The second-order valence-electron chi connectivity index (χ2n) is 5.10. The molecule has 0 aromatic heterocycles. The number of rotatable bonds is 5. The predicted molar refractivity (Wildman–Crippen MR) is 88.3 cm³/mol. The van der Waals surface area contributed by atoms with Gasteiger partial charge in [0.2, 0.25) is 5.91 Å². The zero-order chi connectivity index (χ0) is 18.6. The third-order valence-electron chi connectivity index (χ3n) is 3.39. The molecule has 0 atom stereocenters. The van der Waals surface area contributed by atoms with Crippen molar-refractivity contribution < 1.29 is 27.4 Å². The van der Waals surface area contributed by atoms with Crippen LogP contribution < -0.4 is 14.8 Å². The van der Waals surface area contributed by atoms with Crippen LogP contribution in [-0.2, 0) is 17.4 Å². The zero-order valence-electron chi connectivity index (χ0n) is 13.4. The van der Waals surface area contributed by atoms with Crippen molar-refractivity contribution in [3.8, 4) is 11.5 Å². The third-order valence-corrected chi connectivity index (χ3v) is 3.72. The Morgan fingerprint density at radius 1 is 1.12 bits per heavy atom. The van der Waals surface area contributed by atoms with E-state index in [2.05, 4.69) is 5.32 Å². The molecule has 0 saturated heterocycles. The molecule has 1 amide bonds. The number of amides is 1. The van der Waals surface area contributed by atoms with Crippen molar-refractivity contribution in [1.82, 2.24) is 0 Å². The molecular weight excluding hydrogens is 359 g/mol. The largest absolute Gasteiger partial charge is 0.497 e. The first kappa shape index (κ1) is 18.9. The van der Waals surface area contributed by atoms with E-state index in [4.69, 9.17) is 21.1 Å². The summed E-state index contributed by atoms with van der Waals surface area (Å²) in [4.78, 5) is 12.2. The van der Waals surface area contributed by atoms with Crippen LogP contribution in [0.15, 0.2) is 36.4 Å². The summed E-state index contributed by atoms with van der Waals surface area (Å²) in [6, 6.07) is 8.13. The summed E-state index contributed by atoms with van der Waals surface area (Å²) in [5, 5.41) is 1.99. The van der Waals surface area contributed by atoms with Gasteiger partial charge in [-0.25, -0.2) is 0 Å². The Labute approximate surface area is 147 Å². The van der Waals surface area contributed by atoms with Gasteiger partial charge >= 0.3 is 6.18 Å². The minimum Gasteiger partial charge on any atom is -0.497 e. The van der Waals surface area contributed by atoms with Gasteiger partial charge < -0.3 is 14.8 Å². The van der Waals surface area contributed by atoms with Crippen LogP contribution in [0.25, 0.3) is 0 Å². The van der Waals surface area contributed by atoms with Crippen LogP contribution in [0.4, 0.5) is 18.9 Å². The molecule has 2 aromatic rings. The van der Waals surface area contributed by atoms with E-state index in [1.54, 1.807) is 18.2 Å². The molecule has 1 N–H and O–H groups in total. The highest BCUT2D eigenvalue weighted by atomic mass is 35.5. The fourth-order valence-corrected chi connectivity index (χ4v) is 2.44. The Morgan fingerprint density at radius 3 is 2.44 bits per heavy atom. The van der Waals surface area contributed by atoms with Gasteiger partial charge in [0.05, 0.1) is 31.2 Å². The Hall–Kier alpha value is -2.41. The monoisotopic (exact) mass is 373 g/mol. The predicted octanol–water partition coefficient (Wildman–Crippen LogP) is 4.56. The number of anilines is 1. The van der Waals surface area contributed by atoms with E-state index >= 15 is 0 Å². The SMILES string of the molecule is COc1ccc(OC)c(CC(=O)Nc2ccc(Cl)c(C(F)(F)F)c2)c1. The smallest absolute Gasteiger partial charge is 0.417 e. The second kappa shape index (κ2) is 7.65. The van der Waals surface area contributed by atoms with Gasteiger partial charge in [-0.2, -0.15) is 13.2 Å². The van der Waals surface area contributed by atoms with Gasteiger partial charge in [0.1, 0.15) is 11.5 Å². The molecule has 0 aliphatic carbocycles. The van der Waals surface area contributed by atoms with Gasteiger partial charge in [0.25, 0.3) is 0 Å². The highest BCUT2D eigenvalue weighted by Gasteiger charge is 2.33. The number of halogens is 4. The molecule has 0 aliphatic heterocycles. The lowest BCUT2D eigenvalue weighted by Crippen LogP contribution is -2.16. The number of alkyl halides is 3. The summed E-state index contributed by atoms with van der Waals surface area (Å²) in [5.74, 6) is 0.513. The molecule has 0 radical (unpaired) electrons. The highest BCUT2D eigenvalue weighted by Crippen LogP contribution is 2.36. The number of ether oxygens (including phenoxy) is 2. The lowest BCUT2D eigenvalue weighted by molar-refractivity contribution is -0.137. The fraction of sp³-hybridized carbons (Fsp3) is 0.235. The van der Waals surface area contributed by atoms with Crippen LogP contribution in [0.1, 0.15) is 11.1 Å². The first-order valence-electron chi connectivity index (χ1n) is 7.12. The molecule has 0 fully saturated rings. The van der Waals surface area contributed by atoms with E-state index in [1.165, 1.54) is 20.3 Å². The van der Waals surface area contributed by atoms with E-state index in [-0.39, 0.29) is 12.1 Å². The molecule has 0 aliphatic rings. The molecule has 0 spiro atoms. The van der Waals surface area contributed by atoms with Gasteiger partial charge in [0.15, 0.2) is 0 Å². The topological polar surface area (TPSA) is 47.6 Å². The lowest BCUT2D eigenvalue weighted by atomic mass is 10.1. The van der Waals surface area contributed by atoms with Crippen molar-refractivity contribution in [2.45, 2.75) is 12.6 Å². The van der Waals surface area contributed by atoms with Crippen LogP contribution in [0, 0.1) is 0 Å². The molecule has 0 bridgehead atoms. The number of nitrogens with one attached hydrogen (secondary N) is 1. The number of benzene rings is 2. The summed E-state index contributed by atoms with van der Waals surface area (Å²) in [6.45, 7) is 0. The molecule has 8 heteroatoms. The van der Waals surface area contributed by atoms with Crippen LogP contribution in [0.2, 0.25) is 5.02 Å². The van der Waals surface area contributed by atoms with E-state index in [0.717, 1.165) is 12.1 Å². The van der Waals surface area contributed by atoms with Gasteiger partial charge in [-0.3, -0.25) is 4.79 Å². The van der Waals surface area contributed by atoms with E-state index in [0.29, 0.717) is 17.1 Å². The standard InChI is InChI=1S/C17H15ClF3NO3/c1-24-12-4-6-15(25-2)10(7-12)8-16(23)22-11-3-5-14(18)13(9-11)17(19,20)21/h3-7,9H,8H2,1-2H3,(H,22,23). The molecule has 2 rings (SSSR count). The number of hydrogen-bond acceptors (Lipinski definition) is 3. The van der Waals surface area contributed by atoms with Gasteiger partial charge in [-0.1, -0.05) is 11.6 Å². The van der Waals surface area contributed by atoms with Gasteiger partial charge in [-0.15, -0.1) is 0 Å². The van der Waals surface area contributed by atoms with E-state index in [1.807, 2.05) is 0 Å². The average molecular weight is 374 g/mol. The molecule has 0 saturated carbocycles. The maximum atomic E-state index is 12.9. The average Bonchev–Trinajstić information content (AvgIpc) is 2.55. The van der Waals surface area contributed by atoms with Gasteiger partial charge in [0, 0.05) is 11.3 Å². The highest BCUT2D eigenvalue weighted by molar-refractivity contribution is 6.31. The van der Waals surface area contributed by atoms with Crippen molar-refractivity contribution in [3.05, 3.63) is 52.5 Å². The first-order valence-corrected chi connectivity index (χ1v) is 7.50. The molecule has 25 heavy (non-hydrogen) atoms.